The van der Waals surface area contributed by atoms with Crippen molar-refractivity contribution in [3.05, 3.63) is 59.8 Å². The Morgan fingerprint density at radius 3 is 1.05 bits per heavy atom. The first kappa shape index (κ1) is 56.7. The summed E-state index contributed by atoms with van der Waals surface area (Å²) in [5, 5.41) is 10.6. The maximum atomic E-state index is 9.56. The number of nitrogens with zero attached hydrogens (tertiary/aromatic N) is 1. The van der Waals surface area contributed by atoms with E-state index in [1.54, 1.807) is 0 Å². The molecule has 0 bridgehead atoms. The van der Waals surface area contributed by atoms with Gasteiger partial charge in [-0.05, 0) is 54.3 Å². The van der Waals surface area contributed by atoms with Gasteiger partial charge in [0.15, 0.2) is 0 Å². The first-order valence-electron chi connectivity index (χ1n) is 28.5. The molecule has 1 N–H and O–H groups in total. The molecule has 0 spiro atoms. The molecule has 0 saturated carbocycles. The monoisotopic (exact) mass is 902 g/mol. The van der Waals surface area contributed by atoms with Crippen LogP contribution in [-0.4, -0.2) is 23.1 Å². The molecule has 0 unspecified atom stereocenters. The van der Waals surface area contributed by atoms with Crippen molar-refractivity contribution in [3.63, 3.8) is 0 Å². The maximum Gasteiger partial charge on any atom is 0.140 e. The van der Waals surface area contributed by atoms with E-state index in [4.69, 9.17) is 14.3 Å². The van der Waals surface area contributed by atoms with E-state index in [-0.39, 0.29) is 6.61 Å². The van der Waals surface area contributed by atoms with E-state index in [1.165, 1.54) is 244 Å². The van der Waals surface area contributed by atoms with Crippen molar-refractivity contribution < 1.29 is 19.4 Å². The van der Waals surface area contributed by atoms with E-state index in [9.17, 15) is 5.11 Å². The van der Waals surface area contributed by atoms with Crippen LogP contribution >= 0.6 is 0 Å². The van der Waals surface area contributed by atoms with Crippen molar-refractivity contribution in [3.8, 4) is 11.5 Å². The van der Waals surface area contributed by atoms with Crippen LogP contribution in [0.3, 0.4) is 0 Å². The molecule has 2 aromatic carbocycles. The highest BCUT2D eigenvalue weighted by Gasteiger charge is 2.08. The van der Waals surface area contributed by atoms with Gasteiger partial charge in [0.2, 0.25) is 0 Å². The summed E-state index contributed by atoms with van der Waals surface area (Å²) in [5.74, 6) is 1.74. The standard InChI is InChI=1S/C60H103NO4/c1-3-5-7-9-11-13-15-17-19-21-23-25-27-29-31-33-35-37-39-41-47-63-58-50-56(54-65-61-46-45-57-49-55(53-62)43-44-60(57)61)51-59(52-58)64-48-42-40-38-36-34-32-30-28-26-24-22-20-18-16-14-12-10-8-6-4-2/h43-46,49-52,62H,3-42,47-48,53-54H2,1-2H3. The number of unbranched alkanes of at least 4 members (excludes halogenated alkanes) is 38. The number of aliphatic hydroxyl groups excluding tert-OH is 1. The highest BCUT2D eigenvalue weighted by molar-refractivity contribution is 5.80. The molecule has 5 nitrogen and oxygen atoms in total. The van der Waals surface area contributed by atoms with Gasteiger partial charge < -0.3 is 19.4 Å². The molecule has 3 rings (SSSR count). The second kappa shape index (κ2) is 41.5. The van der Waals surface area contributed by atoms with Crippen molar-refractivity contribution in [2.24, 2.45) is 0 Å². The lowest BCUT2D eigenvalue weighted by atomic mass is 10.0. The number of hydrogen-bond donors (Lipinski definition) is 1. The molecule has 1 aromatic heterocycles. The molecule has 65 heavy (non-hydrogen) atoms. The second-order valence-corrected chi connectivity index (χ2v) is 19.9. The zero-order valence-corrected chi connectivity index (χ0v) is 42.9. The fourth-order valence-corrected chi connectivity index (χ4v) is 9.50. The second-order valence-electron chi connectivity index (χ2n) is 19.9. The van der Waals surface area contributed by atoms with Crippen LogP contribution in [0.1, 0.15) is 282 Å². The number of aliphatic hydroxyl groups is 1. The van der Waals surface area contributed by atoms with Crippen LogP contribution in [-0.2, 0) is 13.2 Å². The van der Waals surface area contributed by atoms with Crippen molar-refractivity contribution in [1.29, 1.82) is 0 Å². The third kappa shape index (κ3) is 30.4. The Morgan fingerprint density at radius 1 is 0.369 bits per heavy atom. The summed E-state index contributed by atoms with van der Waals surface area (Å²) in [6.45, 7) is 6.52. The Bertz CT molecular complexity index is 1420. The van der Waals surface area contributed by atoms with Gasteiger partial charge >= 0.3 is 0 Å². The van der Waals surface area contributed by atoms with Gasteiger partial charge in [0.1, 0.15) is 18.1 Å². The molecule has 0 radical (unpaired) electrons. The number of benzene rings is 2. The molecule has 0 aliphatic carbocycles. The van der Waals surface area contributed by atoms with Gasteiger partial charge in [-0.1, -0.05) is 264 Å². The lowest BCUT2D eigenvalue weighted by Crippen LogP contribution is -2.10. The molecule has 1 heterocycles. The number of rotatable bonds is 48. The van der Waals surface area contributed by atoms with Gasteiger partial charge in [-0.15, -0.1) is 0 Å². The highest BCUT2D eigenvalue weighted by Crippen LogP contribution is 2.26. The minimum Gasteiger partial charge on any atom is -0.493 e. The van der Waals surface area contributed by atoms with E-state index < -0.39 is 0 Å². The SMILES string of the molecule is CCCCCCCCCCCCCCCCCCCCCCOc1cc(COn2ccc3cc(CO)ccc32)cc(OCCCCCCCCCCCCCCCCCCCCCC)c1. The van der Waals surface area contributed by atoms with Gasteiger partial charge in [0, 0.05) is 17.6 Å². The van der Waals surface area contributed by atoms with Crippen molar-refractivity contribution in [2.75, 3.05) is 13.2 Å². The van der Waals surface area contributed by atoms with Crippen LogP contribution in [0.25, 0.3) is 10.9 Å². The molecular weight excluding hydrogens is 799 g/mol. The fourth-order valence-electron chi connectivity index (χ4n) is 9.50. The van der Waals surface area contributed by atoms with Crippen molar-refractivity contribution in [2.45, 2.75) is 284 Å². The number of ether oxygens (including phenoxy) is 2. The van der Waals surface area contributed by atoms with Crippen LogP contribution < -0.4 is 14.3 Å². The van der Waals surface area contributed by atoms with E-state index in [2.05, 4.69) is 32.0 Å². The number of hydrogen-bond acceptors (Lipinski definition) is 4. The quantitative estimate of drug-likeness (QED) is 0.0574. The first-order chi connectivity index (χ1) is 32.2. The van der Waals surface area contributed by atoms with E-state index >= 15 is 0 Å². The maximum absolute atomic E-state index is 9.56. The topological polar surface area (TPSA) is 52.9 Å². The Hall–Kier alpha value is -2.66. The highest BCUT2D eigenvalue weighted by atomic mass is 16.7. The Kier molecular flexibility index (Phi) is 36.2. The third-order valence-electron chi connectivity index (χ3n) is 13.7. The molecule has 0 amide bonds. The van der Waals surface area contributed by atoms with E-state index in [0.29, 0.717) is 6.61 Å². The van der Waals surface area contributed by atoms with Crippen LogP contribution in [0.2, 0.25) is 0 Å². The van der Waals surface area contributed by atoms with Crippen molar-refractivity contribution in [1.82, 2.24) is 4.73 Å². The number of aromatic nitrogens is 1. The summed E-state index contributed by atoms with van der Waals surface area (Å²) in [6.07, 6.45) is 57.6. The van der Waals surface area contributed by atoms with Crippen LogP contribution in [0.15, 0.2) is 48.7 Å². The molecule has 372 valence electrons. The Morgan fingerprint density at radius 2 is 0.708 bits per heavy atom. The van der Waals surface area contributed by atoms with Gasteiger partial charge in [-0.3, -0.25) is 0 Å². The zero-order chi connectivity index (χ0) is 45.9. The van der Waals surface area contributed by atoms with Gasteiger partial charge in [0.25, 0.3) is 0 Å². The fraction of sp³-hybridized carbons (Fsp3) is 0.767. The molecule has 0 aliphatic heterocycles. The summed E-state index contributed by atoms with van der Waals surface area (Å²) in [5.41, 5.74) is 2.94. The van der Waals surface area contributed by atoms with Gasteiger partial charge in [-0.25, -0.2) is 0 Å². The van der Waals surface area contributed by atoms with Gasteiger partial charge in [-0.2, -0.15) is 4.73 Å². The van der Waals surface area contributed by atoms with Gasteiger partial charge in [0.05, 0.1) is 25.3 Å². The first-order valence-corrected chi connectivity index (χ1v) is 28.5. The molecule has 0 atom stereocenters. The van der Waals surface area contributed by atoms with Crippen LogP contribution in [0, 0.1) is 0 Å². The molecule has 0 aliphatic rings. The molecule has 3 aromatic rings. The summed E-state index contributed by atoms with van der Waals surface area (Å²) >= 11 is 0. The number of fused-ring (bicyclic) bond motifs is 1. The minimum absolute atomic E-state index is 0.0384. The lowest BCUT2D eigenvalue weighted by molar-refractivity contribution is 0.107. The third-order valence-corrected chi connectivity index (χ3v) is 13.7. The zero-order valence-electron chi connectivity index (χ0n) is 42.9. The predicted octanol–water partition coefficient (Wildman–Crippen LogP) is 19.2. The molecule has 0 saturated heterocycles. The van der Waals surface area contributed by atoms with E-state index in [1.807, 2.05) is 35.2 Å². The summed E-state index contributed by atoms with van der Waals surface area (Å²) in [6, 6.07) is 14.3. The Labute approximate surface area is 401 Å². The molecular formula is C60H103NO4. The smallest absolute Gasteiger partial charge is 0.140 e. The summed E-state index contributed by atoms with van der Waals surface area (Å²) < 4.78 is 14.5. The van der Waals surface area contributed by atoms with E-state index in [0.717, 1.165) is 59.6 Å². The largest absolute Gasteiger partial charge is 0.493 e. The average molecular weight is 902 g/mol. The van der Waals surface area contributed by atoms with Crippen molar-refractivity contribution >= 4 is 10.9 Å². The molecule has 0 fully saturated rings. The predicted molar refractivity (Wildman–Crippen MR) is 282 cm³/mol. The average Bonchev–Trinajstić information content (AvgIpc) is 3.74. The lowest BCUT2D eigenvalue weighted by Gasteiger charge is -2.14. The minimum atomic E-state index is 0.0384. The Balaban J connectivity index is 1.23. The molecule has 5 heteroatoms. The van der Waals surface area contributed by atoms with Crippen LogP contribution in [0.5, 0.6) is 11.5 Å². The summed E-state index contributed by atoms with van der Waals surface area (Å²) in [7, 11) is 0. The normalized spacial score (nSPS) is 11.6. The summed E-state index contributed by atoms with van der Waals surface area (Å²) in [4.78, 5) is 6.27. The van der Waals surface area contributed by atoms with Crippen LogP contribution in [0.4, 0.5) is 0 Å².